The van der Waals surface area contributed by atoms with Gasteiger partial charge in [-0.05, 0) is 36.8 Å². The lowest BCUT2D eigenvalue weighted by Gasteiger charge is -2.26. The molecule has 0 unspecified atom stereocenters. The summed E-state index contributed by atoms with van der Waals surface area (Å²) in [6.45, 7) is 4.54. The van der Waals surface area contributed by atoms with Crippen molar-refractivity contribution < 1.29 is 23.8 Å². The molecule has 2 aromatic rings. The van der Waals surface area contributed by atoms with Crippen LogP contribution in [0.4, 0.5) is 5.69 Å². The fourth-order valence-corrected chi connectivity index (χ4v) is 3.49. The van der Waals surface area contributed by atoms with Crippen molar-refractivity contribution in [2.24, 2.45) is 0 Å². The van der Waals surface area contributed by atoms with Crippen molar-refractivity contribution >= 4 is 29.2 Å². The Labute approximate surface area is 175 Å². The second-order valence-corrected chi connectivity index (χ2v) is 6.98. The number of carbonyl (C=O) groups excluding carboxylic acids is 2. The summed E-state index contributed by atoms with van der Waals surface area (Å²) in [6, 6.07) is 13.0. The van der Waals surface area contributed by atoms with E-state index >= 15 is 0 Å². The molecule has 0 saturated carbocycles. The molecule has 2 aliphatic heterocycles. The number of ether oxygens (including phenoxy) is 3. The smallest absolute Gasteiger partial charge is 0.260 e. The van der Waals surface area contributed by atoms with Gasteiger partial charge in [0.25, 0.3) is 11.8 Å². The molecule has 0 radical (unpaired) electrons. The van der Waals surface area contributed by atoms with Gasteiger partial charge in [-0.3, -0.25) is 9.59 Å². The lowest BCUT2D eigenvalue weighted by Crippen LogP contribution is -2.43. The van der Waals surface area contributed by atoms with E-state index in [0.717, 1.165) is 16.8 Å². The zero-order valence-electron chi connectivity index (χ0n) is 16.8. The quantitative estimate of drug-likeness (QED) is 0.744. The number of anilines is 1. The first-order valence-corrected chi connectivity index (χ1v) is 10.0. The second-order valence-electron chi connectivity index (χ2n) is 6.98. The highest BCUT2D eigenvalue weighted by molar-refractivity contribution is 6.34. The molecule has 1 N–H and O–H groups in total. The largest absolute Gasteiger partial charge is 0.490 e. The zero-order chi connectivity index (χ0) is 20.9. The maximum atomic E-state index is 12.4. The lowest BCUT2D eigenvalue weighted by molar-refractivity contribution is -0.137. The molecule has 0 atom stereocenters. The van der Waals surface area contributed by atoms with Gasteiger partial charge in [-0.25, -0.2) is 0 Å². The summed E-state index contributed by atoms with van der Waals surface area (Å²) in [4.78, 5) is 26.4. The topological polar surface area (TPSA) is 77.1 Å². The molecular weight excluding hydrogens is 384 g/mol. The molecule has 30 heavy (non-hydrogen) atoms. The SMILES string of the molecule is CCOc1cc(/C=C2/C(=O)Nc3ccccc32)ccc1OCC(=O)N1CCOCC1. The molecule has 156 valence electrons. The van der Waals surface area contributed by atoms with Crippen LogP contribution in [-0.4, -0.2) is 56.2 Å². The molecule has 2 aliphatic rings. The number of hydrogen-bond donors (Lipinski definition) is 1. The third-order valence-corrected chi connectivity index (χ3v) is 5.00. The zero-order valence-corrected chi connectivity index (χ0v) is 16.8. The number of nitrogens with one attached hydrogen (secondary N) is 1. The first-order valence-electron chi connectivity index (χ1n) is 10.0. The minimum absolute atomic E-state index is 0.0592. The van der Waals surface area contributed by atoms with E-state index in [1.54, 1.807) is 11.0 Å². The molecule has 7 heteroatoms. The average Bonchev–Trinajstić information content (AvgIpc) is 3.09. The van der Waals surface area contributed by atoms with E-state index in [1.165, 1.54) is 0 Å². The van der Waals surface area contributed by atoms with Crippen molar-refractivity contribution in [3.05, 3.63) is 53.6 Å². The summed E-state index contributed by atoms with van der Waals surface area (Å²) in [6.07, 6.45) is 1.83. The molecule has 2 heterocycles. The van der Waals surface area contributed by atoms with Crippen LogP contribution in [0.3, 0.4) is 0 Å². The number of morpholine rings is 1. The molecule has 0 spiro atoms. The van der Waals surface area contributed by atoms with Gasteiger partial charge in [0.15, 0.2) is 18.1 Å². The van der Waals surface area contributed by atoms with E-state index in [-0.39, 0.29) is 18.4 Å². The Hall–Kier alpha value is -3.32. The number of rotatable bonds is 6. The van der Waals surface area contributed by atoms with E-state index in [2.05, 4.69) is 5.32 Å². The van der Waals surface area contributed by atoms with Crippen molar-refractivity contribution in [3.63, 3.8) is 0 Å². The van der Waals surface area contributed by atoms with Gasteiger partial charge in [-0.1, -0.05) is 24.3 Å². The van der Waals surface area contributed by atoms with Gasteiger partial charge in [0.1, 0.15) is 0 Å². The highest BCUT2D eigenvalue weighted by atomic mass is 16.5. The van der Waals surface area contributed by atoms with Gasteiger partial charge in [-0.2, -0.15) is 0 Å². The third-order valence-electron chi connectivity index (χ3n) is 5.00. The molecule has 2 amide bonds. The summed E-state index contributed by atoms with van der Waals surface area (Å²) in [5, 5.41) is 2.87. The average molecular weight is 408 g/mol. The highest BCUT2D eigenvalue weighted by Gasteiger charge is 2.23. The van der Waals surface area contributed by atoms with Crippen LogP contribution < -0.4 is 14.8 Å². The molecule has 0 aromatic heterocycles. The number of nitrogens with zero attached hydrogens (tertiary/aromatic N) is 1. The minimum Gasteiger partial charge on any atom is -0.490 e. The van der Waals surface area contributed by atoms with Gasteiger partial charge >= 0.3 is 0 Å². The number of fused-ring (bicyclic) bond motifs is 1. The Kier molecular flexibility index (Phi) is 5.99. The molecule has 4 rings (SSSR count). The van der Waals surface area contributed by atoms with E-state index in [1.807, 2.05) is 49.4 Å². The van der Waals surface area contributed by atoms with Gasteiger partial charge in [0.05, 0.1) is 19.8 Å². The lowest BCUT2D eigenvalue weighted by atomic mass is 10.0. The third kappa shape index (κ3) is 4.31. The molecule has 1 fully saturated rings. The predicted molar refractivity (Wildman–Crippen MR) is 113 cm³/mol. The van der Waals surface area contributed by atoms with Gasteiger partial charge in [0, 0.05) is 29.9 Å². The van der Waals surface area contributed by atoms with E-state index in [0.29, 0.717) is 50.0 Å². The van der Waals surface area contributed by atoms with E-state index in [4.69, 9.17) is 14.2 Å². The Morgan fingerprint density at radius 3 is 2.73 bits per heavy atom. The summed E-state index contributed by atoms with van der Waals surface area (Å²) < 4.78 is 16.7. The molecule has 1 saturated heterocycles. The van der Waals surface area contributed by atoms with Crippen LogP contribution in [0.1, 0.15) is 18.1 Å². The van der Waals surface area contributed by atoms with Crippen LogP contribution in [0, 0.1) is 0 Å². The normalized spacial score (nSPS) is 16.9. The van der Waals surface area contributed by atoms with Gasteiger partial charge < -0.3 is 24.4 Å². The summed E-state index contributed by atoms with van der Waals surface area (Å²) >= 11 is 0. The van der Waals surface area contributed by atoms with Gasteiger partial charge in [-0.15, -0.1) is 0 Å². The van der Waals surface area contributed by atoms with E-state index < -0.39 is 0 Å². The first-order chi connectivity index (χ1) is 14.7. The summed E-state index contributed by atoms with van der Waals surface area (Å²) in [5.74, 6) is 0.821. The molecule has 0 bridgehead atoms. The van der Waals surface area contributed by atoms with Crippen LogP contribution in [0.25, 0.3) is 11.6 Å². The van der Waals surface area contributed by atoms with Crippen molar-refractivity contribution in [2.45, 2.75) is 6.92 Å². The first kappa shape index (κ1) is 20.0. The van der Waals surface area contributed by atoms with Crippen LogP contribution >= 0.6 is 0 Å². The maximum Gasteiger partial charge on any atom is 0.260 e. The van der Waals surface area contributed by atoms with Crippen molar-refractivity contribution in [1.29, 1.82) is 0 Å². The van der Waals surface area contributed by atoms with Crippen LogP contribution in [0.15, 0.2) is 42.5 Å². The number of carbonyl (C=O) groups is 2. The fraction of sp³-hybridized carbons (Fsp3) is 0.304. The molecule has 7 nitrogen and oxygen atoms in total. The van der Waals surface area contributed by atoms with Crippen molar-refractivity contribution in [2.75, 3.05) is 44.8 Å². The number of para-hydroxylation sites is 1. The minimum atomic E-state index is -0.134. The standard InChI is InChI=1S/C23H24N2O5/c1-2-29-21-14-16(13-18-17-5-3-4-6-19(17)24-23(18)27)7-8-20(21)30-15-22(26)25-9-11-28-12-10-25/h3-8,13-14H,2,9-12,15H2,1H3,(H,24,27)/b18-13+. The van der Waals surface area contributed by atoms with Crippen molar-refractivity contribution in [1.82, 2.24) is 4.90 Å². The Bertz CT molecular complexity index is 979. The fourth-order valence-electron chi connectivity index (χ4n) is 3.49. The molecule has 0 aliphatic carbocycles. The van der Waals surface area contributed by atoms with Crippen LogP contribution in [0.5, 0.6) is 11.5 Å². The molecule has 2 aromatic carbocycles. The summed E-state index contributed by atoms with van der Waals surface area (Å²) in [5.41, 5.74) is 3.09. The molecular formula is C23H24N2O5. The van der Waals surface area contributed by atoms with Crippen molar-refractivity contribution in [3.8, 4) is 11.5 Å². The summed E-state index contributed by atoms with van der Waals surface area (Å²) in [7, 11) is 0. The van der Waals surface area contributed by atoms with Gasteiger partial charge in [0.2, 0.25) is 0 Å². The van der Waals surface area contributed by atoms with Crippen LogP contribution in [-0.2, 0) is 14.3 Å². The second kappa shape index (κ2) is 9.00. The Morgan fingerprint density at radius 2 is 1.93 bits per heavy atom. The maximum absolute atomic E-state index is 12.4. The van der Waals surface area contributed by atoms with E-state index in [9.17, 15) is 9.59 Å². The number of benzene rings is 2. The number of hydrogen-bond acceptors (Lipinski definition) is 5. The Balaban J connectivity index is 1.52. The highest BCUT2D eigenvalue weighted by Crippen LogP contribution is 2.35. The predicted octanol–water partition coefficient (Wildman–Crippen LogP) is 2.82. The monoisotopic (exact) mass is 408 g/mol. The van der Waals surface area contributed by atoms with Crippen LogP contribution in [0.2, 0.25) is 0 Å². The number of amides is 2. The Morgan fingerprint density at radius 1 is 1.13 bits per heavy atom.